The first-order valence-corrected chi connectivity index (χ1v) is 15.7. The third kappa shape index (κ3) is 5.90. The number of allylic oxidation sites excluding steroid dienone is 5. The molecule has 4 N–H and O–H groups in total. The first kappa shape index (κ1) is 27.3. The maximum Gasteiger partial charge on any atom is 0.326 e. The van der Waals surface area contributed by atoms with E-state index in [4.69, 9.17) is 4.74 Å². The summed E-state index contributed by atoms with van der Waals surface area (Å²) in [5.74, 6) is 8.29. The zero-order chi connectivity index (χ0) is 28.4. The molecule has 7 aliphatic rings. The molecule has 2 heterocycles. The van der Waals surface area contributed by atoms with E-state index in [9.17, 15) is 24.6 Å². The van der Waals surface area contributed by atoms with Crippen molar-refractivity contribution in [3.05, 3.63) is 36.5 Å². The average molecular weight is 566 g/mol. The van der Waals surface area contributed by atoms with Crippen LogP contribution in [0.5, 0.6) is 0 Å². The molecule has 0 aromatic heterocycles. The van der Waals surface area contributed by atoms with Crippen LogP contribution in [0.25, 0.3) is 0 Å². The zero-order valence-electron chi connectivity index (χ0n) is 23.7. The Balaban J connectivity index is 0.787. The lowest BCUT2D eigenvalue weighted by atomic mass is 10.1. The number of imide groups is 1. The van der Waals surface area contributed by atoms with Gasteiger partial charge in [-0.1, -0.05) is 37.3 Å². The molecule has 0 aromatic carbocycles. The number of nitrogens with one attached hydrogen (secondary N) is 2. The first-order chi connectivity index (χ1) is 19.8. The SMILES string of the molecule is C[C@@H]1C[C@H]1/C=C/[C@H]1C[C@@H]1[C@H]1C[C@@H]1[C@H]1C[C@@H]1[C@H]1C[C@@H]1/C=C/C=C/C(=O)NC[C@@H]1O[C@H](N2CCC(=O)NC2=O)[C@H](O)[C@@H]1O. The van der Waals surface area contributed by atoms with Crippen molar-refractivity contribution in [2.75, 3.05) is 13.1 Å². The number of rotatable bonds is 11. The van der Waals surface area contributed by atoms with Crippen LogP contribution in [0, 0.1) is 59.2 Å². The fourth-order valence-electron chi connectivity index (χ4n) is 7.83. The Morgan fingerprint density at radius 3 is 2.20 bits per heavy atom. The highest BCUT2D eigenvalue weighted by Crippen LogP contribution is 2.70. The molecule has 7 fully saturated rings. The number of ether oxygens (including phenoxy) is 1. The Hall–Kier alpha value is -2.49. The third-order valence-electron chi connectivity index (χ3n) is 10.9. The van der Waals surface area contributed by atoms with E-state index >= 15 is 0 Å². The van der Waals surface area contributed by atoms with Gasteiger partial charge in [-0.3, -0.25) is 19.8 Å². The lowest BCUT2D eigenvalue weighted by Crippen LogP contribution is -2.56. The van der Waals surface area contributed by atoms with Gasteiger partial charge in [-0.05, 0) is 91.3 Å². The fraction of sp³-hybridized carbons (Fsp3) is 0.719. The standard InChI is InChI=1S/C32H43N3O6/c1-16-10-17(16)6-7-19-12-21(19)23-14-25(23)24-13-22(24)20-11-18(20)4-2-3-5-27(36)33-15-26-29(38)30(39)31(41-26)35-9-8-28(37)34-32(35)40/h2-7,16-26,29-31,38-39H,8-15H2,1H3,(H,33,36)(H,34,37,40)/b4-2+,5-3+,7-6+/t16-,17-,18+,19+,20+,21+,22-,23-,24+,25+,26+,29-,30-,31+/m1/s1. The highest BCUT2D eigenvalue weighted by atomic mass is 16.6. The smallest absolute Gasteiger partial charge is 0.326 e. The van der Waals surface area contributed by atoms with Gasteiger partial charge in [0, 0.05) is 25.6 Å². The van der Waals surface area contributed by atoms with E-state index in [2.05, 4.69) is 35.8 Å². The molecule has 14 atom stereocenters. The number of hydrogen-bond acceptors (Lipinski definition) is 6. The third-order valence-corrected chi connectivity index (χ3v) is 10.9. The normalized spacial score (nSPS) is 48.2. The van der Waals surface area contributed by atoms with Crippen molar-refractivity contribution in [2.24, 2.45) is 59.2 Å². The van der Waals surface area contributed by atoms with Gasteiger partial charge in [0.2, 0.25) is 11.8 Å². The second-order valence-corrected chi connectivity index (χ2v) is 13.8. The molecule has 9 heteroatoms. The lowest BCUT2D eigenvalue weighted by Gasteiger charge is -2.32. The summed E-state index contributed by atoms with van der Waals surface area (Å²) in [6.45, 7) is 2.44. The van der Waals surface area contributed by atoms with E-state index in [0.29, 0.717) is 5.92 Å². The van der Waals surface area contributed by atoms with E-state index in [0.717, 1.165) is 53.3 Å². The van der Waals surface area contributed by atoms with Gasteiger partial charge in [0.15, 0.2) is 6.23 Å². The lowest BCUT2D eigenvalue weighted by molar-refractivity contribution is -0.125. The van der Waals surface area contributed by atoms with E-state index < -0.39 is 36.5 Å². The molecule has 0 spiro atoms. The number of carbonyl (C=O) groups is 3. The second kappa shape index (κ2) is 10.7. The Morgan fingerprint density at radius 2 is 1.54 bits per heavy atom. The Kier molecular flexibility index (Phi) is 7.11. The Labute approximate surface area is 241 Å². The molecule has 9 nitrogen and oxygen atoms in total. The van der Waals surface area contributed by atoms with Crippen molar-refractivity contribution in [3.8, 4) is 0 Å². The predicted molar refractivity (Wildman–Crippen MR) is 150 cm³/mol. The zero-order valence-corrected chi connectivity index (χ0v) is 23.7. The molecule has 4 amide bonds. The van der Waals surface area contributed by atoms with Crippen molar-refractivity contribution in [1.82, 2.24) is 15.5 Å². The molecule has 2 aliphatic heterocycles. The molecule has 0 radical (unpaired) electrons. The van der Waals surface area contributed by atoms with Gasteiger partial charge in [0.25, 0.3) is 0 Å². The number of nitrogens with zero attached hydrogens (tertiary/aromatic N) is 1. The molecule has 41 heavy (non-hydrogen) atoms. The molecule has 0 unspecified atom stereocenters. The van der Waals surface area contributed by atoms with Gasteiger partial charge in [0.05, 0.1) is 0 Å². The maximum atomic E-state index is 12.3. The fourth-order valence-corrected chi connectivity index (χ4v) is 7.83. The van der Waals surface area contributed by atoms with E-state index in [1.807, 2.05) is 6.08 Å². The van der Waals surface area contributed by atoms with Gasteiger partial charge < -0.3 is 20.3 Å². The van der Waals surface area contributed by atoms with Crippen molar-refractivity contribution in [3.63, 3.8) is 0 Å². The minimum Gasteiger partial charge on any atom is -0.387 e. The molecule has 222 valence electrons. The predicted octanol–water partition coefficient (Wildman–Crippen LogP) is 2.36. The summed E-state index contributed by atoms with van der Waals surface area (Å²) in [5.41, 5.74) is 0. The summed E-state index contributed by atoms with van der Waals surface area (Å²) in [5, 5.41) is 25.6. The van der Waals surface area contributed by atoms with Gasteiger partial charge in [0.1, 0.15) is 18.3 Å². The average Bonchev–Trinajstić information content (AvgIpc) is 3.72. The van der Waals surface area contributed by atoms with E-state index in [-0.39, 0.29) is 25.4 Å². The summed E-state index contributed by atoms with van der Waals surface area (Å²) in [4.78, 5) is 36.9. The highest BCUT2D eigenvalue weighted by molar-refractivity contribution is 5.96. The number of carbonyl (C=O) groups excluding carboxylic acids is 3. The Morgan fingerprint density at radius 1 is 0.902 bits per heavy atom. The first-order valence-electron chi connectivity index (χ1n) is 15.7. The largest absolute Gasteiger partial charge is 0.387 e. The van der Waals surface area contributed by atoms with Crippen LogP contribution in [-0.2, 0) is 14.3 Å². The number of amides is 4. The van der Waals surface area contributed by atoms with Crippen LogP contribution >= 0.6 is 0 Å². The summed E-state index contributed by atoms with van der Waals surface area (Å²) < 4.78 is 5.67. The van der Waals surface area contributed by atoms with Crippen molar-refractivity contribution in [1.29, 1.82) is 0 Å². The van der Waals surface area contributed by atoms with Gasteiger partial charge >= 0.3 is 6.03 Å². The monoisotopic (exact) mass is 565 g/mol. The van der Waals surface area contributed by atoms with Crippen LogP contribution in [0.4, 0.5) is 4.79 Å². The Bertz CT molecular complexity index is 1170. The van der Waals surface area contributed by atoms with Gasteiger partial charge in [-0.25, -0.2) is 4.79 Å². The number of aliphatic hydroxyl groups excluding tert-OH is 2. The summed E-state index contributed by atoms with van der Waals surface area (Å²) >= 11 is 0. The van der Waals surface area contributed by atoms with Crippen LogP contribution in [0.3, 0.4) is 0 Å². The molecule has 0 aromatic rings. The molecular formula is C32H43N3O6. The van der Waals surface area contributed by atoms with Crippen molar-refractivity contribution in [2.45, 2.75) is 70.0 Å². The molecule has 0 bridgehead atoms. The molecule has 7 rings (SSSR count). The van der Waals surface area contributed by atoms with Crippen LogP contribution in [0.2, 0.25) is 0 Å². The van der Waals surface area contributed by atoms with Crippen LogP contribution in [0.15, 0.2) is 36.5 Å². The summed E-state index contributed by atoms with van der Waals surface area (Å²) in [7, 11) is 0. The molecule has 5 saturated carbocycles. The van der Waals surface area contributed by atoms with Crippen LogP contribution in [-0.4, -0.2) is 70.6 Å². The number of aliphatic hydroxyl groups is 2. The number of hydrogen-bond donors (Lipinski definition) is 4. The van der Waals surface area contributed by atoms with E-state index in [1.54, 1.807) is 6.08 Å². The minimum absolute atomic E-state index is 0.0104. The van der Waals surface area contributed by atoms with Crippen molar-refractivity contribution < 1.29 is 29.3 Å². The molecular weight excluding hydrogens is 522 g/mol. The minimum atomic E-state index is -1.33. The summed E-state index contributed by atoms with van der Waals surface area (Å²) in [6.07, 6.45) is 15.0. The van der Waals surface area contributed by atoms with Crippen LogP contribution in [0.1, 0.15) is 45.4 Å². The number of urea groups is 1. The van der Waals surface area contributed by atoms with Crippen molar-refractivity contribution >= 4 is 17.8 Å². The maximum absolute atomic E-state index is 12.3. The molecule has 2 saturated heterocycles. The molecule has 5 aliphatic carbocycles. The topological polar surface area (TPSA) is 128 Å². The second-order valence-electron chi connectivity index (χ2n) is 13.8. The van der Waals surface area contributed by atoms with Gasteiger partial charge in [-0.2, -0.15) is 0 Å². The highest BCUT2D eigenvalue weighted by Gasteiger charge is 2.63. The summed E-state index contributed by atoms with van der Waals surface area (Å²) in [6, 6.07) is -0.665. The van der Waals surface area contributed by atoms with E-state index in [1.165, 1.54) is 43.1 Å². The van der Waals surface area contributed by atoms with Gasteiger partial charge in [-0.15, -0.1) is 0 Å². The quantitative estimate of drug-likeness (QED) is 0.173. The van der Waals surface area contributed by atoms with Crippen LogP contribution < -0.4 is 10.6 Å².